The maximum absolute atomic E-state index is 2.71. The van der Waals surface area contributed by atoms with Crippen LogP contribution >= 0.6 is 0 Å². The first-order chi connectivity index (χ1) is 8.28. The second-order valence-corrected chi connectivity index (χ2v) is 5.25. The van der Waals surface area contributed by atoms with E-state index in [9.17, 15) is 0 Å². The summed E-state index contributed by atoms with van der Waals surface area (Å²) in [5.41, 5.74) is 0. The summed E-state index contributed by atoms with van der Waals surface area (Å²) >= 11 is 0. The zero-order chi connectivity index (χ0) is 12.7. The molecule has 0 aromatic heterocycles. The average molecular weight is 239 g/mol. The molecule has 2 heteroatoms. The number of nitrogens with zero attached hydrogens (tertiary/aromatic N) is 2. The molecule has 0 saturated carbocycles. The van der Waals surface area contributed by atoms with Gasteiger partial charge in [0.1, 0.15) is 12.6 Å². The average Bonchev–Trinajstić information content (AvgIpc) is 2.61. The van der Waals surface area contributed by atoms with E-state index < -0.39 is 0 Å². The standard InChI is InChI=1S/C15H31N2/c1-5-9-14-13-16(11-7-3)15(10-6-2)17(14)12-8-4/h14H,5-13H2,1-4H3/q+1. The van der Waals surface area contributed by atoms with Crippen LogP contribution in [0.25, 0.3) is 0 Å². The molecule has 0 bridgehead atoms. The van der Waals surface area contributed by atoms with Crippen molar-refractivity contribution >= 4 is 5.84 Å². The first-order valence-electron chi connectivity index (χ1n) is 7.65. The van der Waals surface area contributed by atoms with Crippen LogP contribution in [0.4, 0.5) is 0 Å². The molecule has 1 rings (SSSR count). The van der Waals surface area contributed by atoms with Gasteiger partial charge in [-0.3, -0.25) is 9.48 Å². The van der Waals surface area contributed by atoms with Gasteiger partial charge in [0.2, 0.25) is 5.84 Å². The molecule has 0 aromatic rings. The summed E-state index contributed by atoms with van der Waals surface area (Å²) in [4.78, 5) is 2.65. The van der Waals surface area contributed by atoms with Crippen molar-refractivity contribution in [1.29, 1.82) is 0 Å². The van der Waals surface area contributed by atoms with E-state index >= 15 is 0 Å². The maximum atomic E-state index is 2.71. The van der Waals surface area contributed by atoms with E-state index in [2.05, 4.69) is 37.2 Å². The molecule has 0 radical (unpaired) electrons. The summed E-state index contributed by atoms with van der Waals surface area (Å²) in [6.07, 6.45) is 7.74. The van der Waals surface area contributed by atoms with Crippen molar-refractivity contribution in [2.24, 2.45) is 0 Å². The van der Waals surface area contributed by atoms with Crippen LogP contribution < -0.4 is 0 Å². The van der Waals surface area contributed by atoms with Gasteiger partial charge in [-0.25, -0.2) is 0 Å². The van der Waals surface area contributed by atoms with Crippen molar-refractivity contribution in [2.75, 3.05) is 19.6 Å². The van der Waals surface area contributed by atoms with Crippen molar-refractivity contribution in [3.63, 3.8) is 0 Å². The quantitative estimate of drug-likeness (QED) is 0.588. The molecule has 0 saturated heterocycles. The highest BCUT2D eigenvalue weighted by Crippen LogP contribution is 2.17. The van der Waals surface area contributed by atoms with Crippen LogP contribution in [0, 0.1) is 0 Å². The van der Waals surface area contributed by atoms with Crippen LogP contribution in [0.3, 0.4) is 0 Å². The van der Waals surface area contributed by atoms with Crippen LogP contribution in [0.5, 0.6) is 0 Å². The fraction of sp³-hybridized carbons (Fsp3) is 0.933. The molecule has 100 valence electrons. The molecule has 0 aromatic carbocycles. The van der Waals surface area contributed by atoms with E-state index in [-0.39, 0.29) is 0 Å². The molecule has 0 amide bonds. The lowest BCUT2D eigenvalue weighted by Crippen LogP contribution is -2.30. The molecule has 0 spiro atoms. The minimum atomic E-state index is 0.785. The zero-order valence-electron chi connectivity index (χ0n) is 12.3. The molecule has 1 atom stereocenters. The van der Waals surface area contributed by atoms with Crippen LogP contribution in [0.2, 0.25) is 0 Å². The Hall–Kier alpha value is -0.530. The highest BCUT2D eigenvalue weighted by Gasteiger charge is 2.35. The lowest BCUT2D eigenvalue weighted by molar-refractivity contribution is -0.557. The minimum Gasteiger partial charge on any atom is -0.261 e. The van der Waals surface area contributed by atoms with Gasteiger partial charge in [0.25, 0.3) is 0 Å². The first-order valence-corrected chi connectivity index (χ1v) is 7.65. The molecule has 0 N–H and O–H groups in total. The van der Waals surface area contributed by atoms with E-state index in [4.69, 9.17) is 0 Å². The zero-order valence-corrected chi connectivity index (χ0v) is 12.3. The van der Waals surface area contributed by atoms with Gasteiger partial charge >= 0.3 is 0 Å². The Balaban J connectivity index is 2.83. The van der Waals surface area contributed by atoms with E-state index in [0.717, 1.165) is 6.04 Å². The van der Waals surface area contributed by atoms with Crippen molar-refractivity contribution in [2.45, 2.75) is 72.3 Å². The van der Waals surface area contributed by atoms with Crippen molar-refractivity contribution < 1.29 is 4.58 Å². The van der Waals surface area contributed by atoms with Crippen molar-refractivity contribution in [3.05, 3.63) is 0 Å². The van der Waals surface area contributed by atoms with Gasteiger partial charge in [-0.05, 0) is 25.7 Å². The van der Waals surface area contributed by atoms with E-state index in [1.165, 1.54) is 58.2 Å². The molecule has 0 fully saturated rings. The van der Waals surface area contributed by atoms with E-state index in [0.29, 0.717) is 0 Å². The summed E-state index contributed by atoms with van der Waals surface area (Å²) in [7, 11) is 0. The smallest absolute Gasteiger partial charge is 0.247 e. The molecule has 1 aliphatic rings. The molecule has 0 aliphatic carbocycles. The maximum Gasteiger partial charge on any atom is 0.247 e. The van der Waals surface area contributed by atoms with Crippen LogP contribution in [-0.4, -0.2) is 41.0 Å². The first kappa shape index (κ1) is 14.5. The Labute approximate surface area is 108 Å². The summed E-state index contributed by atoms with van der Waals surface area (Å²) in [5.74, 6) is 1.63. The number of hydrogen-bond donors (Lipinski definition) is 0. The Morgan fingerprint density at radius 3 is 2.35 bits per heavy atom. The lowest BCUT2D eigenvalue weighted by atomic mass is 10.1. The summed E-state index contributed by atoms with van der Waals surface area (Å²) in [6.45, 7) is 13.0. The van der Waals surface area contributed by atoms with Crippen molar-refractivity contribution in [1.82, 2.24) is 4.90 Å². The van der Waals surface area contributed by atoms with Crippen LogP contribution in [0.15, 0.2) is 0 Å². The summed E-state index contributed by atoms with van der Waals surface area (Å²) in [5, 5.41) is 0. The number of rotatable bonds is 8. The highest BCUT2D eigenvalue weighted by molar-refractivity contribution is 5.78. The fourth-order valence-electron chi connectivity index (χ4n) is 3.00. The SMILES string of the molecule is CCCC1=[N+](CCC)C(CCC)CN1CCC. The number of amidine groups is 1. The predicted molar refractivity (Wildman–Crippen MR) is 75.9 cm³/mol. The van der Waals surface area contributed by atoms with Gasteiger partial charge in [-0.1, -0.05) is 34.1 Å². The Morgan fingerprint density at radius 1 is 1.06 bits per heavy atom. The molecule has 2 nitrogen and oxygen atoms in total. The normalized spacial score (nSPS) is 20.5. The summed E-state index contributed by atoms with van der Waals surface area (Å²) in [6, 6.07) is 0.785. The van der Waals surface area contributed by atoms with E-state index in [1.807, 2.05) is 0 Å². The topological polar surface area (TPSA) is 6.25 Å². The van der Waals surface area contributed by atoms with Gasteiger partial charge < -0.3 is 0 Å². The monoisotopic (exact) mass is 239 g/mol. The Kier molecular flexibility index (Phi) is 6.61. The van der Waals surface area contributed by atoms with E-state index in [1.54, 1.807) is 5.84 Å². The van der Waals surface area contributed by atoms with Gasteiger partial charge in [0, 0.05) is 6.42 Å². The molecule has 1 aliphatic heterocycles. The van der Waals surface area contributed by atoms with Gasteiger partial charge in [-0.15, -0.1) is 0 Å². The second kappa shape index (κ2) is 7.73. The van der Waals surface area contributed by atoms with Crippen LogP contribution in [0.1, 0.15) is 66.2 Å². The largest absolute Gasteiger partial charge is 0.261 e. The molecular weight excluding hydrogens is 208 g/mol. The Bertz CT molecular complexity index is 221. The number of hydrogen-bond acceptors (Lipinski definition) is 1. The predicted octanol–water partition coefficient (Wildman–Crippen LogP) is 3.50. The van der Waals surface area contributed by atoms with Gasteiger partial charge in [0.15, 0.2) is 0 Å². The molecule has 17 heavy (non-hydrogen) atoms. The third-order valence-electron chi connectivity index (χ3n) is 3.62. The molecule has 1 heterocycles. The van der Waals surface area contributed by atoms with Gasteiger partial charge in [0.05, 0.1) is 13.1 Å². The lowest BCUT2D eigenvalue weighted by Gasteiger charge is -2.11. The molecule has 1 unspecified atom stereocenters. The highest BCUT2D eigenvalue weighted by atomic mass is 15.3. The van der Waals surface area contributed by atoms with Crippen molar-refractivity contribution in [3.8, 4) is 0 Å². The third-order valence-corrected chi connectivity index (χ3v) is 3.62. The third kappa shape index (κ3) is 3.72. The minimum absolute atomic E-state index is 0.785. The fourth-order valence-corrected chi connectivity index (χ4v) is 3.00. The second-order valence-electron chi connectivity index (χ2n) is 5.25. The Morgan fingerprint density at radius 2 is 1.82 bits per heavy atom. The summed E-state index contributed by atoms with van der Waals surface area (Å²) < 4.78 is 2.71. The van der Waals surface area contributed by atoms with Crippen LogP contribution in [-0.2, 0) is 0 Å². The molecular formula is C15H31N2+. The van der Waals surface area contributed by atoms with Gasteiger partial charge in [-0.2, -0.15) is 0 Å².